The van der Waals surface area contributed by atoms with E-state index in [1.54, 1.807) is 0 Å². The van der Waals surface area contributed by atoms with Crippen molar-refractivity contribution in [2.45, 2.75) is 38.4 Å². The smallest absolute Gasteiger partial charge is 0.0801 e. The van der Waals surface area contributed by atoms with Crippen molar-refractivity contribution in [2.75, 3.05) is 6.61 Å². The summed E-state index contributed by atoms with van der Waals surface area (Å²) < 4.78 is 5.54. The first kappa shape index (κ1) is 11.6. The Balaban J connectivity index is 1.67. The normalized spacial score (nSPS) is 18.8. The highest BCUT2D eigenvalue weighted by molar-refractivity contribution is 5.13. The third-order valence-electron chi connectivity index (χ3n) is 3.34. The molecule has 0 amide bonds. The van der Waals surface area contributed by atoms with Gasteiger partial charge in [-0.15, -0.1) is 0 Å². The summed E-state index contributed by atoms with van der Waals surface area (Å²) in [5.74, 6) is 0.468. The summed E-state index contributed by atoms with van der Waals surface area (Å²) in [5, 5.41) is 9.90. The van der Waals surface area contributed by atoms with Gasteiger partial charge in [-0.3, -0.25) is 0 Å². The van der Waals surface area contributed by atoms with Crippen LogP contribution in [0.4, 0.5) is 0 Å². The van der Waals surface area contributed by atoms with Gasteiger partial charge in [0.1, 0.15) is 0 Å². The molecule has 0 aliphatic heterocycles. The molecule has 88 valence electrons. The Kier molecular flexibility index (Phi) is 4.37. The molecule has 0 aromatic heterocycles. The molecule has 1 N–H and O–H groups in total. The van der Waals surface area contributed by atoms with E-state index in [1.165, 1.54) is 18.4 Å². The number of benzene rings is 1. The van der Waals surface area contributed by atoms with E-state index < -0.39 is 0 Å². The van der Waals surface area contributed by atoms with Gasteiger partial charge >= 0.3 is 0 Å². The van der Waals surface area contributed by atoms with E-state index in [9.17, 15) is 5.11 Å². The highest BCUT2D eigenvalue weighted by atomic mass is 16.5. The van der Waals surface area contributed by atoms with Crippen LogP contribution in [0.5, 0.6) is 0 Å². The number of hydrogen-bond acceptors (Lipinski definition) is 2. The van der Waals surface area contributed by atoms with Crippen molar-refractivity contribution in [3.05, 3.63) is 35.9 Å². The number of rotatable bonds is 5. The van der Waals surface area contributed by atoms with Crippen molar-refractivity contribution < 1.29 is 9.84 Å². The van der Waals surface area contributed by atoms with Gasteiger partial charge in [0.2, 0.25) is 0 Å². The van der Waals surface area contributed by atoms with Crippen molar-refractivity contribution in [3.8, 4) is 0 Å². The highest BCUT2D eigenvalue weighted by Gasteiger charge is 2.22. The average molecular weight is 220 g/mol. The first-order valence-electron chi connectivity index (χ1n) is 6.16. The van der Waals surface area contributed by atoms with E-state index in [-0.39, 0.29) is 6.10 Å². The van der Waals surface area contributed by atoms with Crippen LogP contribution in [0.3, 0.4) is 0 Å². The summed E-state index contributed by atoms with van der Waals surface area (Å²) in [6.07, 6.45) is 4.58. The Labute approximate surface area is 97.3 Å². The third-order valence-corrected chi connectivity index (χ3v) is 3.34. The van der Waals surface area contributed by atoms with E-state index in [2.05, 4.69) is 0 Å². The van der Waals surface area contributed by atoms with Crippen molar-refractivity contribution in [1.29, 1.82) is 0 Å². The Morgan fingerprint density at radius 3 is 2.56 bits per heavy atom. The minimum atomic E-state index is -0.272. The lowest BCUT2D eigenvalue weighted by Gasteiger charge is -2.17. The zero-order chi connectivity index (χ0) is 11.2. The average Bonchev–Trinajstić information content (AvgIpc) is 2.84. The molecule has 0 saturated heterocycles. The van der Waals surface area contributed by atoms with Crippen LogP contribution in [0.1, 0.15) is 31.2 Å². The van der Waals surface area contributed by atoms with E-state index in [1.807, 2.05) is 30.3 Å². The van der Waals surface area contributed by atoms with Crippen molar-refractivity contribution in [2.24, 2.45) is 5.92 Å². The van der Waals surface area contributed by atoms with Gasteiger partial charge in [-0.25, -0.2) is 0 Å². The van der Waals surface area contributed by atoms with Crippen molar-refractivity contribution >= 4 is 0 Å². The molecular weight excluding hydrogens is 200 g/mol. The first-order chi connectivity index (χ1) is 7.86. The monoisotopic (exact) mass is 220 g/mol. The third kappa shape index (κ3) is 3.32. The van der Waals surface area contributed by atoms with E-state index >= 15 is 0 Å². The first-order valence-corrected chi connectivity index (χ1v) is 6.16. The molecule has 0 heterocycles. The molecule has 2 rings (SSSR count). The van der Waals surface area contributed by atoms with Gasteiger partial charge in [-0.1, -0.05) is 43.2 Å². The molecule has 1 aromatic carbocycles. The number of hydrogen-bond donors (Lipinski definition) is 1. The molecule has 1 aromatic rings. The standard InChI is InChI=1S/C14H20O2/c15-14(13-8-4-5-9-13)11-16-10-12-6-2-1-3-7-12/h1-3,6-7,13-15H,4-5,8-11H2/t14-/m0/s1. The summed E-state index contributed by atoms with van der Waals surface area (Å²) >= 11 is 0. The fourth-order valence-corrected chi connectivity index (χ4v) is 2.35. The predicted octanol–water partition coefficient (Wildman–Crippen LogP) is 2.75. The maximum atomic E-state index is 9.90. The maximum absolute atomic E-state index is 9.90. The quantitative estimate of drug-likeness (QED) is 0.826. The van der Waals surface area contributed by atoms with Crippen LogP contribution in [0.25, 0.3) is 0 Å². The molecule has 1 fully saturated rings. The lowest BCUT2D eigenvalue weighted by atomic mass is 10.0. The molecule has 1 aliphatic carbocycles. The van der Waals surface area contributed by atoms with Crippen LogP contribution in [0.2, 0.25) is 0 Å². The van der Waals surface area contributed by atoms with Gasteiger partial charge in [0.15, 0.2) is 0 Å². The van der Waals surface area contributed by atoms with Gasteiger partial charge in [0.25, 0.3) is 0 Å². The van der Waals surface area contributed by atoms with Crippen LogP contribution in [0, 0.1) is 5.92 Å². The second-order valence-electron chi connectivity index (χ2n) is 4.61. The molecular formula is C14H20O2. The molecule has 1 atom stereocenters. The Bertz CT molecular complexity index is 291. The second-order valence-corrected chi connectivity index (χ2v) is 4.61. The molecule has 1 aliphatic rings. The minimum absolute atomic E-state index is 0.272. The topological polar surface area (TPSA) is 29.5 Å². The lowest BCUT2D eigenvalue weighted by Crippen LogP contribution is -2.23. The van der Waals surface area contributed by atoms with Crippen LogP contribution >= 0.6 is 0 Å². The molecule has 16 heavy (non-hydrogen) atoms. The van der Waals surface area contributed by atoms with Gasteiger partial charge in [-0.05, 0) is 24.3 Å². The van der Waals surface area contributed by atoms with E-state index in [0.717, 1.165) is 12.8 Å². The summed E-state index contributed by atoms with van der Waals surface area (Å²) in [5.41, 5.74) is 1.17. The number of ether oxygens (including phenoxy) is 1. The molecule has 0 unspecified atom stereocenters. The summed E-state index contributed by atoms with van der Waals surface area (Å²) in [6.45, 7) is 1.07. The van der Waals surface area contributed by atoms with Gasteiger partial charge in [0.05, 0.1) is 19.3 Å². The predicted molar refractivity (Wildman–Crippen MR) is 64.1 cm³/mol. The van der Waals surface area contributed by atoms with Gasteiger partial charge < -0.3 is 9.84 Å². The maximum Gasteiger partial charge on any atom is 0.0801 e. The molecule has 0 radical (unpaired) electrons. The largest absolute Gasteiger partial charge is 0.390 e. The van der Waals surface area contributed by atoms with Crippen molar-refractivity contribution in [3.63, 3.8) is 0 Å². The van der Waals surface area contributed by atoms with Crippen molar-refractivity contribution in [1.82, 2.24) is 0 Å². The number of aliphatic hydroxyl groups is 1. The minimum Gasteiger partial charge on any atom is -0.390 e. The van der Waals surface area contributed by atoms with Crippen LogP contribution < -0.4 is 0 Å². The molecule has 0 spiro atoms. The van der Waals surface area contributed by atoms with Gasteiger partial charge in [0, 0.05) is 0 Å². The fraction of sp³-hybridized carbons (Fsp3) is 0.571. The molecule has 2 heteroatoms. The molecule has 1 saturated carbocycles. The zero-order valence-corrected chi connectivity index (χ0v) is 9.64. The Hall–Kier alpha value is -0.860. The highest BCUT2D eigenvalue weighted by Crippen LogP contribution is 2.27. The zero-order valence-electron chi connectivity index (χ0n) is 9.64. The summed E-state index contributed by atoms with van der Waals surface area (Å²) in [6, 6.07) is 10.1. The fourth-order valence-electron chi connectivity index (χ4n) is 2.35. The lowest BCUT2D eigenvalue weighted by molar-refractivity contribution is -0.000445. The van der Waals surface area contributed by atoms with Crippen LogP contribution in [-0.4, -0.2) is 17.8 Å². The Morgan fingerprint density at radius 2 is 1.88 bits per heavy atom. The van der Waals surface area contributed by atoms with E-state index in [0.29, 0.717) is 19.1 Å². The number of aliphatic hydroxyl groups excluding tert-OH is 1. The second kappa shape index (κ2) is 6.02. The SMILES string of the molecule is O[C@@H](COCc1ccccc1)C1CCCC1. The van der Waals surface area contributed by atoms with Crippen LogP contribution in [-0.2, 0) is 11.3 Å². The molecule has 0 bridgehead atoms. The molecule has 2 nitrogen and oxygen atoms in total. The van der Waals surface area contributed by atoms with Gasteiger partial charge in [-0.2, -0.15) is 0 Å². The Morgan fingerprint density at radius 1 is 1.19 bits per heavy atom. The summed E-state index contributed by atoms with van der Waals surface area (Å²) in [4.78, 5) is 0. The summed E-state index contributed by atoms with van der Waals surface area (Å²) in [7, 11) is 0. The van der Waals surface area contributed by atoms with E-state index in [4.69, 9.17) is 4.74 Å². The van der Waals surface area contributed by atoms with Crippen LogP contribution in [0.15, 0.2) is 30.3 Å².